The average Bonchev–Trinajstić information content (AvgIpc) is 2.25. The third kappa shape index (κ3) is 4.23. The molecule has 0 saturated heterocycles. The van der Waals surface area contributed by atoms with E-state index in [1.54, 1.807) is 0 Å². The highest BCUT2D eigenvalue weighted by atomic mass is 16.5. The molecule has 0 amide bonds. The van der Waals surface area contributed by atoms with Gasteiger partial charge in [-0.25, -0.2) is 0 Å². The average molecular weight is 221 g/mol. The van der Waals surface area contributed by atoms with Crippen molar-refractivity contribution in [3.05, 3.63) is 29.3 Å². The Morgan fingerprint density at radius 3 is 2.69 bits per heavy atom. The first-order chi connectivity index (χ1) is 7.63. The van der Waals surface area contributed by atoms with E-state index < -0.39 is 0 Å². The quantitative estimate of drug-likeness (QED) is 0.748. The smallest absolute Gasteiger partial charge is 0.123 e. The number of hydrogen-bond acceptors (Lipinski definition) is 2. The van der Waals surface area contributed by atoms with Crippen LogP contribution in [0.25, 0.3) is 0 Å². The van der Waals surface area contributed by atoms with Crippen LogP contribution in [0.3, 0.4) is 0 Å². The minimum Gasteiger partial charge on any atom is -0.493 e. The summed E-state index contributed by atoms with van der Waals surface area (Å²) in [7, 11) is 0. The van der Waals surface area contributed by atoms with Gasteiger partial charge in [-0.2, -0.15) is 0 Å². The van der Waals surface area contributed by atoms with Crippen LogP contribution in [0.4, 0.5) is 0 Å². The molecule has 0 unspecified atom stereocenters. The van der Waals surface area contributed by atoms with Crippen molar-refractivity contribution >= 4 is 0 Å². The van der Waals surface area contributed by atoms with Crippen molar-refractivity contribution in [3.8, 4) is 5.75 Å². The van der Waals surface area contributed by atoms with Gasteiger partial charge in [-0.15, -0.1) is 0 Å². The van der Waals surface area contributed by atoms with Crippen molar-refractivity contribution in [3.63, 3.8) is 0 Å². The predicted molar refractivity (Wildman–Crippen MR) is 68.6 cm³/mol. The number of rotatable bonds is 6. The predicted octanol–water partition coefficient (Wildman–Crippen LogP) is 3.27. The summed E-state index contributed by atoms with van der Waals surface area (Å²) in [5, 5.41) is 0. The number of hydrogen-bond donors (Lipinski definition) is 1. The number of nitrogens with two attached hydrogens (primary N) is 1. The van der Waals surface area contributed by atoms with E-state index in [9.17, 15) is 0 Å². The molecule has 0 heterocycles. The Labute approximate surface area is 98.8 Å². The van der Waals surface area contributed by atoms with Gasteiger partial charge in [-0.3, -0.25) is 0 Å². The van der Waals surface area contributed by atoms with Gasteiger partial charge < -0.3 is 10.5 Å². The highest BCUT2D eigenvalue weighted by Gasteiger charge is 2.02. The summed E-state index contributed by atoms with van der Waals surface area (Å²) >= 11 is 0. The second kappa shape index (κ2) is 6.54. The Morgan fingerprint density at radius 2 is 2.06 bits per heavy atom. The van der Waals surface area contributed by atoms with Gasteiger partial charge >= 0.3 is 0 Å². The monoisotopic (exact) mass is 221 g/mol. The molecule has 0 radical (unpaired) electrons. The molecule has 1 aromatic rings. The van der Waals surface area contributed by atoms with Crippen LogP contribution >= 0.6 is 0 Å². The fourth-order valence-corrected chi connectivity index (χ4v) is 1.68. The maximum atomic E-state index is 5.75. The minimum atomic E-state index is 0.543. The van der Waals surface area contributed by atoms with Crippen molar-refractivity contribution < 1.29 is 4.74 Å². The summed E-state index contributed by atoms with van der Waals surface area (Å²) in [6, 6.07) is 6.18. The third-order valence-electron chi connectivity index (χ3n) is 2.62. The largest absolute Gasteiger partial charge is 0.493 e. The van der Waals surface area contributed by atoms with Crippen LogP contribution in [0.15, 0.2) is 18.2 Å². The summed E-state index contributed by atoms with van der Waals surface area (Å²) in [4.78, 5) is 0. The van der Waals surface area contributed by atoms with Gasteiger partial charge in [-0.05, 0) is 31.7 Å². The zero-order valence-electron chi connectivity index (χ0n) is 10.6. The van der Waals surface area contributed by atoms with Crippen molar-refractivity contribution in [1.29, 1.82) is 0 Å². The fraction of sp³-hybridized carbons (Fsp3) is 0.571. The standard InChI is InChI=1S/C14H23NO/c1-11(2)5-4-8-16-14-7-6-12(3)9-13(14)10-15/h6-7,9,11H,4-5,8,10,15H2,1-3H3. The van der Waals surface area contributed by atoms with Crippen molar-refractivity contribution in [2.45, 2.75) is 40.2 Å². The molecule has 1 rings (SSSR count). The van der Waals surface area contributed by atoms with Gasteiger partial charge in [0.25, 0.3) is 0 Å². The minimum absolute atomic E-state index is 0.543. The van der Waals surface area contributed by atoms with Crippen LogP contribution in [0.5, 0.6) is 5.75 Å². The van der Waals surface area contributed by atoms with Gasteiger partial charge in [0.05, 0.1) is 6.61 Å². The van der Waals surface area contributed by atoms with Gasteiger partial charge in [0, 0.05) is 12.1 Å². The normalized spacial score (nSPS) is 10.8. The van der Waals surface area contributed by atoms with E-state index in [0.717, 1.165) is 30.3 Å². The molecule has 90 valence electrons. The molecule has 2 nitrogen and oxygen atoms in total. The Kier molecular flexibility index (Phi) is 5.33. The molecule has 2 heteroatoms. The van der Waals surface area contributed by atoms with Crippen LogP contribution in [0.2, 0.25) is 0 Å². The first kappa shape index (κ1) is 13.0. The van der Waals surface area contributed by atoms with Crippen LogP contribution in [-0.2, 0) is 6.54 Å². The molecule has 0 bridgehead atoms. The first-order valence-electron chi connectivity index (χ1n) is 6.06. The molecule has 0 aromatic heterocycles. The van der Waals surface area contributed by atoms with E-state index in [4.69, 9.17) is 10.5 Å². The zero-order chi connectivity index (χ0) is 12.0. The van der Waals surface area contributed by atoms with E-state index in [1.165, 1.54) is 12.0 Å². The Hall–Kier alpha value is -1.02. The van der Waals surface area contributed by atoms with E-state index in [-0.39, 0.29) is 0 Å². The summed E-state index contributed by atoms with van der Waals surface area (Å²) in [6.45, 7) is 7.87. The van der Waals surface area contributed by atoms with Gasteiger partial charge in [-0.1, -0.05) is 31.5 Å². The van der Waals surface area contributed by atoms with Crippen LogP contribution < -0.4 is 10.5 Å². The molecule has 0 fully saturated rings. The maximum Gasteiger partial charge on any atom is 0.123 e. The Bertz CT molecular complexity index is 321. The third-order valence-corrected chi connectivity index (χ3v) is 2.62. The lowest BCUT2D eigenvalue weighted by molar-refractivity contribution is 0.295. The SMILES string of the molecule is Cc1ccc(OCCCC(C)C)c(CN)c1. The summed E-state index contributed by atoms with van der Waals surface area (Å²) in [5.74, 6) is 1.69. The summed E-state index contributed by atoms with van der Waals surface area (Å²) in [6.07, 6.45) is 2.32. The second-order valence-corrected chi connectivity index (χ2v) is 4.70. The number of ether oxygens (including phenoxy) is 1. The molecule has 0 aliphatic rings. The van der Waals surface area contributed by atoms with Gasteiger partial charge in [0.2, 0.25) is 0 Å². The molecule has 0 saturated carbocycles. The van der Waals surface area contributed by atoms with E-state index in [0.29, 0.717) is 6.54 Å². The second-order valence-electron chi connectivity index (χ2n) is 4.70. The first-order valence-corrected chi connectivity index (χ1v) is 6.06. The molecule has 0 spiro atoms. The van der Waals surface area contributed by atoms with Gasteiger partial charge in [0.15, 0.2) is 0 Å². The van der Waals surface area contributed by atoms with E-state index in [2.05, 4.69) is 32.9 Å². The lowest BCUT2D eigenvalue weighted by Crippen LogP contribution is -2.05. The molecular formula is C14H23NO. The summed E-state index contributed by atoms with van der Waals surface area (Å²) < 4.78 is 5.75. The molecular weight excluding hydrogens is 198 g/mol. The van der Waals surface area contributed by atoms with Crippen LogP contribution in [0.1, 0.15) is 37.8 Å². The van der Waals surface area contributed by atoms with Crippen molar-refractivity contribution in [1.82, 2.24) is 0 Å². The van der Waals surface area contributed by atoms with E-state index >= 15 is 0 Å². The topological polar surface area (TPSA) is 35.2 Å². The fourth-order valence-electron chi connectivity index (χ4n) is 1.68. The van der Waals surface area contributed by atoms with Crippen molar-refractivity contribution in [2.24, 2.45) is 11.7 Å². The summed E-state index contributed by atoms with van der Waals surface area (Å²) in [5.41, 5.74) is 8.02. The molecule has 0 atom stereocenters. The lowest BCUT2D eigenvalue weighted by atomic mass is 10.1. The molecule has 16 heavy (non-hydrogen) atoms. The van der Waals surface area contributed by atoms with Gasteiger partial charge in [0.1, 0.15) is 5.75 Å². The van der Waals surface area contributed by atoms with Crippen LogP contribution in [-0.4, -0.2) is 6.61 Å². The lowest BCUT2D eigenvalue weighted by Gasteiger charge is -2.11. The maximum absolute atomic E-state index is 5.75. The Morgan fingerprint density at radius 1 is 1.31 bits per heavy atom. The Balaban J connectivity index is 2.47. The molecule has 1 aromatic carbocycles. The van der Waals surface area contributed by atoms with Crippen molar-refractivity contribution in [2.75, 3.05) is 6.61 Å². The number of aryl methyl sites for hydroxylation is 1. The number of benzene rings is 1. The highest BCUT2D eigenvalue weighted by molar-refractivity contribution is 5.36. The molecule has 0 aliphatic heterocycles. The van der Waals surface area contributed by atoms with Crippen LogP contribution in [0, 0.1) is 12.8 Å². The highest BCUT2D eigenvalue weighted by Crippen LogP contribution is 2.20. The molecule has 0 aliphatic carbocycles. The van der Waals surface area contributed by atoms with E-state index in [1.807, 2.05) is 6.07 Å². The zero-order valence-corrected chi connectivity index (χ0v) is 10.6. The molecule has 2 N–H and O–H groups in total.